The second-order valence-corrected chi connectivity index (χ2v) is 7.19. The highest BCUT2D eigenvalue weighted by molar-refractivity contribution is 7.91. The first-order chi connectivity index (χ1) is 11.0. The Morgan fingerprint density at radius 2 is 1.70 bits per heavy atom. The maximum atomic E-state index is 12.2. The van der Waals surface area contributed by atoms with Crippen molar-refractivity contribution in [3.05, 3.63) is 71.4 Å². The fourth-order valence-corrected chi connectivity index (χ4v) is 3.47. The van der Waals surface area contributed by atoms with Crippen molar-refractivity contribution in [2.75, 3.05) is 4.72 Å². The van der Waals surface area contributed by atoms with E-state index < -0.39 is 10.0 Å². The maximum absolute atomic E-state index is 12.2. The quantitative estimate of drug-likeness (QED) is 0.739. The van der Waals surface area contributed by atoms with Crippen molar-refractivity contribution in [3.63, 3.8) is 0 Å². The highest BCUT2D eigenvalue weighted by Gasteiger charge is 2.12. The normalized spacial score (nSPS) is 11.3. The number of aromatic nitrogens is 2. The molecule has 0 bridgehead atoms. The van der Waals surface area contributed by atoms with Crippen LogP contribution in [0, 0.1) is 0 Å². The molecule has 0 saturated carbocycles. The van der Waals surface area contributed by atoms with Gasteiger partial charge in [-0.3, -0.25) is 9.82 Å². The Labute approximate surface area is 139 Å². The molecule has 1 aromatic heterocycles. The van der Waals surface area contributed by atoms with E-state index in [9.17, 15) is 8.42 Å². The standard InChI is InChI=1S/C16H14ClN3O2S/c17-14-5-1-12(2-6-14)11-23(21,22)20-15-7-3-13(4-8-15)16-9-10-18-19-16/h1-10,20H,11H2,(H,18,19). The zero-order chi connectivity index (χ0) is 16.3. The van der Waals surface area contributed by atoms with Crippen molar-refractivity contribution < 1.29 is 8.42 Å². The van der Waals surface area contributed by atoms with E-state index in [1.54, 1.807) is 42.6 Å². The molecule has 0 aliphatic carbocycles. The minimum Gasteiger partial charge on any atom is -0.283 e. The number of hydrogen-bond donors (Lipinski definition) is 2. The average molecular weight is 348 g/mol. The van der Waals surface area contributed by atoms with E-state index in [2.05, 4.69) is 14.9 Å². The molecule has 0 unspecified atom stereocenters. The third-order valence-electron chi connectivity index (χ3n) is 3.24. The third-order valence-corrected chi connectivity index (χ3v) is 4.75. The number of halogens is 1. The largest absolute Gasteiger partial charge is 0.283 e. The van der Waals surface area contributed by atoms with Gasteiger partial charge >= 0.3 is 0 Å². The van der Waals surface area contributed by atoms with Crippen molar-refractivity contribution in [2.45, 2.75) is 5.75 Å². The summed E-state index contributed by atoms with van der Waals surface area (Å²) in [6, 6.07) is 15.7. The van der Waals surface area contributed by atoms with Gasteiger partial charge in [0.1, 0.15) is 0 Å². The molecule has 2 aromatic carbocycles. The summed E-state index contributed by atoms with van der Waals surface area (Å²) >= 11 is 5.80. The molecule has 7 heteroatoms. The predicted molar refractivity (Wildman–Crippen MR) is 91.7 cm³/mol. The number of benzene rings is 2. The van der Waals surface area contributed by atoms with E-state index in [4.69, 9.17) is 11.6 Å². The van der Waals surface area contributed by atoms with Crippen molar-refractivity contribution in [2.24, 2.45) is 0 Å². The van der Waals surface area contributed by atoms with Crippen LogP contribution in [0.1, 0.15) is 5.56 Å². The number of rotatable bonds is 5. The van der Waals surface area contributed by atoms with E-state index >= 15 is 0 Å². The summed E-state index contributed by atoms with van der Waals surface area (Å²) in [4.78, 5) is 0. The summed E-state index contributed by atoms with van der Waals surface area (Å²) in [5.74, 6) is -0.105. The smallest absolute Gasteiger partial charge is 0.236 e. The third kappa shape index (κ3) is 4.12. The molecule has 3 rings (SSSR count). The average Bonchev–Trinajstić information content (AvgIpc) is 3.04. The lowest BCUT2D eigenvalue weighted by atomic mass is 10.1. The fraction of sp³-hybridized carbons (Fsp3) is 0.0625. The van der Waals surface area contributed by atoms with Gasteiger partial charge in [-0.1, -0.05) is 35.9 Å². The highest BCUT2D eigenvalue weighted by atomic mass is 35.5. The maximum Gasteiger partial charge on any atom is 0.236 e. The molecule has 23 heavy (non-hydrogen) atoms. The minimum absolute atomic E-state index is 0.105. The number of anilines is 1. The van der Waals surface area contributed by atoms with Crippen LogP contribution in [-0.2, 0) is 15.8 Å². The summed E-state index contributed by atoms with van der Waals surface area (Å²) in [6.07, 6.45) is 1.66. The fourth-order valence-electron chi connectivity index (χ4n) is 2.15. The summed E-state index contributed by atoms with van der Waals surface area (Å²) in [5.41, 5.74) is 3.00. The van der Waals surface area contributed by atoms with Gasteiger partial charge in [0.2, 0.25) is 10.0 Å². The molecule has 0 spiro atoms. The van der Waals surface area contributed by atoms with Gasteiger partial charge in [-0.25, -0.2) is 8.42 Å². The van der Waals surface area contributed by atoms with Crippen LogP contribution in [0.3, 0.4) is 0 Å². The number of sulfonamides is 1. The number of aromatic amines is 1. The highest BCUT2D eigenvalue weighted by Crippen LogP contribution is 2.20. The molecule has 0 saturated heterocycles. The second kappa shape index (κ2) is 6.44. The molecule has 0 aliphatic heterocycles. The Balaban J connectivity index is 1.71. The number of nitrogens with zero attached hydrogens (tertiary/aromatic N) is 1. The lowest BCUT2D eigenvalue weighted by Crippen LogP contribution is -2.14. The van der Waals surface area contributed by atoms with Gasteiger partial charge in [-0.15, -0.1) is 0 Å². The van der Waals surface area contributed by atoms with Gasteiger partial charge in [0.15, 0.2) is 0 Å². The molecule has 118 valence electrons. The molecule has 0 aliphatic rings. The van der Waals surface area contributed by atoms with Crippen LogP contribution in [0.2, 0.25) is 5.02 Å². The van der Waals surface area contributed by atoms with E-state index in [1.807, 2.05) is 18.2 Å². The Bertz CT molecular complexity index is 874. The molecule has 1 heterocycles. The van der Waals surface area contributed by atoms with Gasteiger partial charge in [0, 0.05) is 16.9 Å². The lowest BCUT2D eigenvalue weighted by Gasteiger charge is -2.09. The molecular formula is C16H14ClN3O2S. The van der Waals surface area contributed by atoms with Crippen LogP contribution >= 0.6 is 11.6 Å². The monoisotopic (exact) mass is 347 g/mol. The zero-order valence-electron chi connectivity index (χ0n) is 12.0. The molecule has 0 radical (unpaired) electrons. The van der Waals surface area contributed by atoms with Crippen LogP contribution in [0.25, 0.3) is 11.3 Å². The van der Waals surface area contributed by atoms with Crippen molar-refractivity contribution in [1.82, 2.24) is 10.2 Å². The molecule has 0 fully saturated rings. The van der Waals surface area contributed by atoms with Crippen LogP contribution in [0.15, 0.2) is 60.8 Å². The van der Waals surface area contributed by atoms with E-state index in [0.29, 0.717) is 16.3 Å². The first kappa shape index (κ1) is 15.6. The lowest BCUT2D eigenvalue weighted by molar-refractivity contribution is 0.600. The van der Waals surface area contributed by atoms with Crippen molar-refractivity contribution >= 4 is 27.3 Å². The molecule has 3 aromatic rings. The van der Waals surface area contributed by atoms with E-state index in [1.165, 1.54) is 0 Å². The Kier molecular flexibility index (Phi) is 4.36. The van der Waals surface area contributed by atoms with Gasteiger partial charge < -0.3 is 0 Å². The SMILES string of the molecule is O=S(=O)(Cc1ccc(Cl)cc1)Nc1ccc(-c2ccn[nH]2)cc1. The molecule has 0 atom stereocenters. The second-order valence-electron chi connectivity index (χ2n) is 5.04. The number of hydrogen-bond acceptors (Lipinski definition) is 3. The number of H-pyrrole nitrogens is 1. The molecular weight excluding hydrogens is 334 g/mol. The van der Waals surface area contributed by atoms with E-state index in [0.717, 1.165) is 11.3 Å². The molecule has 5 nitrogen and oxygen atoms in total. The van der Waals surface area contributed by atoms with E-state index in [-0.39, 0.29) is 5.75 Å². The Hall–Kier alpha value is -2.31. The number of nitrogens with one attached hydrogen (secondary N) is 2. The Morgan fingerprint density at radius 1 is 1.00 bits per heavy atom. The van der Waals surface area contributed by atoms with Gasteiger partial charge in [0.05, 0.1) is 11.4 Å². The van der Waals surface area contributed by atoms with Crippen LogP contribution in [0.4, 0.5) is 5.69 Å². The summed E-state index contributed by atoms with van der Waals surface area (Å²) in [5, 5.41) is 7.32. The molecule has 2 N–H and O–H groups in total. The first-order valence-electron chi connectivity index (χ1n) is 6.87. The first-order valence-corrected chi connectivity index (χ1v) is 8.90. The van der Waals surface area contributed by atoms with Gasteiger partial charge in [-0.05, 0) is 41.5 Å². The minimum atomic E-state index is -3.48. The van der Waals surface area contributed by atoms with Crippen molar-refractivity contribution in [3.8, 4) is 11.3 Å². The van der Waals surface area contributed by atoms with Crippen molar-refractivity contribution in [1.29, 1.82) is 0 Å². The predicted octanol–water partition coefficient (Wildman–Crippen LogP) is 3.67. The van der Waals surface area contributed by atoms with Gasteiger partial charge in [-0.2, -0.15) is 5.10 Å². The zero-order valence-corrected chi connectivity index (χ0v) is 13.6. The topological polar surface area (TPSA) is 74.8 Å². The summed E-state index contributed by atoms with van der Waals surface area (Å²) < 4.78 is 27.0. The summed E-state index contributed by atoms with van der Waals surface area (Å²) in [7, 11) is -3.48. The summed E-state index contributed by atoms with van der Waals surface area (Å²) in [6.45, 7) is 0. The van der Waals surface area contributed by atoms with Crippen LogP contribution < -0.4 is 4.72 Å². The van der Waals surface area contributed by atoms with Crippen LogP contribution in [0.5, 0.6) is 0 Å². The van der Waals surface area contributed by atoms with Gasteiger partial charge in [0.25, 0.3) is 0 Å². The van der Waals surface area contributed by atoms with Crippen LogP contribution in [-0.4, -0.2) is 18.6 Å². The molecule has 0 amide bonds. The Morgan fingerprint density at radius 3 is 2.30 bits per heavy atom.